The van der Waals surface area contributed by atoms with Crippen molar-refractivity contribution in [1.82, 2.24) is 4.90 Å². The number of aliphatic hydroxyl groups is 1. The fraction of sp³-hybridized carbons (Fsp3) is 0.514. The van der Waals surface area contributed by atoms with Crippen LogP contribution in [0.15, 0.2) is 67.3 Å². The van der Waals surface area contributed by atoms with Gasteiger partial charge in [-0.15, -0.1) is 18.3 Å². The highest BCUT2D eigenvalue weighted by molar-refractivity contribution is 8.02. The second-order valence-corrected chi connectivity index (χ2v) is 14.1. The molecule has 8 nitrogen and oxygen atoms in total. The van der Waals surface area contributed by atoms with Crippen molar-refractivity contribution in [2.24, 2.45) is 11.8 Å². The molecular formula is C35H45N3O5S. The Kier molecular flexibility index (Phi) is 9.47. The summed E-state index contributed by atoms with van der Waals surface area (Å²) in [4.78, 5) is 48.7. The maximum absolute atomic E-state index is 15.0. The Morgan fingerprint density at radius 1 is 1.09 bits per heavy atom. The molecule has 2 amide bonds. The van der Waals surface area contributed by atoms with Crippen LogP contribution in [0, 0.1) is 11.8 Å². The smallest absolute Gasteiger partial charge is 0.311 e. The summed E-state index contributed by atoms with van der Waals surface area (Å²) in [5.74, 6) is -2.22. The predicted molar refractivity (Wildman–Crippen MR) is 176 cm³/mol. The monoisotopic (exact) mass is 619 g/mol. The number of likely N-dealkylation sites (tertiary alicyclic amines) is 1. The van der Waals surface area contributed by atoms with Crippen molar-refractivity contribution in [3.8, 4) is 0 Å². The molecular weight excluding hydrogens is 574 g/mol. The van der Waals surface area contributed by atoms with E-state index in [-0.39, 0.29) is 37.5 Å². The summed E-state index contributed by atoms with van der Waals surface area (Å²) in [6.07, 6.45) is 3.41. The summed E-state index contributed by atoms with van der Waals surface area (Å²) in [7, 11) is 0. The third kappa shape index (κ3) is 5.32. The number of nitrogens with zero attached hydrogens (tertiary/aromatic N) is 3. The van der Waals surface area contributed by atoms with Crippen molar-refractivity contribution >= 4 is 40.9 Å². The molecule has 5 rings (SSSR count). The van der Waals surface area contributed by atoms with E-state index in [9.17, 15) is 19.5 Å². The molecule has 1 spiro atoms. The molecule has 0 radical (unpaired) electrons. The molecule has 2 bridgehead atoms. The predicted octanol–water partition coefficient (Wildman–Crippen LogP) is 4.70. The zero-order valence-corrected chi connectivity index (χ0v) is 27.1. The van der Waals surface area contributed by atoms with Crippen LogP contribution in [-0.2, 0) is 25.5 Å². The van der Waals surface area contributed by atoms with E-state index in [0.29, 0.717) is 24.9 Å². The van der Waals surface area contributed by atoms with Gasteiger partial charge in [0.1, 0.15) is 6.04 Å². The first kappa shape index (κ1) is 32.1. The first-order valence-corrected chi connectivity index (χ1v) is 16.6. The number of fused-ring (bicyclic) bond motifs is 1. The highest BCUT2D eigenvalue weighted by Gasteiger charge is 2.78. The van der Waals surface area contributed by atoms with Crippen molar-refractivity contribution in [2.75, 3.05) is 42.6 Å². The molecule has 2 aromatic rings. The van der Waals surface area contributed by atoms with E-state index in [4.69, 9.17) is 4.74 Å². The lowest BCUT2D eigenvalue weighted by Gasteiger charge is -2.39. The third-order valence-electron chi connectivity index (χ3n) is 9.77. The van der Waals surface area contributed by atoms with Gasteiger partial charge in [0.2, 0.25) is 5.91 Å². The number of thioether (sulfide) groups is 1. The Balaban J connectivity index is 1.60. The van der Waals surface area contributed by atoms with Gasteiger partial charge in [-0.2, -0.15) is 0 Å². The lowest BCUT2D eigenvalue weighted by Crippen LogP contribution is -2.58. The van der Waals surface area contributed by atoms with Gasteiger partial charge in [-0.25, -0.2) is 0 Å². The van der Waals surface area contributed by atoms with Gasteiger partial charge < -0.3 is 24.5 Å². The van der Waals surface area contributed by atoms with Gasteiger partial charge in [0.25, 0.3) is 5.91 Å². The Hall–Kier alpha value is -3.30. The number of ether oxygens (including phenoxy) is 1. The maximum atomic E-state index is 15.0. The quantitative estimate of drug-likeness (QED) is 0.257. The second-order valence-electron chi connectivity index (χ2n) is 12.2. The normalized spacial score (nSPS) is 27.6. The molecule has 0 aromatic heterocycles. The summed E-state index contributed by atoms with van der Waals surface area (Å²) < 4.78 is 4.20. The van der Waals surface area contributed by atoms with E-state index >= 15 is 0 Å². The van der Waals surface area contributed by atoms with Gasteiger partial charge >= 0.3 is 5.97 Å². The molecule has 2 unspecified atom stereocenters. The third-order valence-corrected chi connectivity index (χ3v) is 11.8. The molecule has 0 aliphatic carbocycles. The fourth-order valence-electron chi connectivity index (χ4n) is 7.79. The number of esters is 1. The first-order chi connectivity index (χ1) is 21.2. The minimum absolute atomic E-state index is 0.218. The molecule has 6 atom stereocenters. The summed E-state index contributed by atoms with van der Waals surface area (Å²) in [5, 5.41) is 10.8. The molecule has 236 valence electrons. The molecule has 44 heavy (non-hydrogen) atoms. The van der Waals surface area contributed by atoms with Crippen LogP contribution in [0.3, 0.4) is 0 Å². The minimum Gasteiger partial charge on any atom is -0.466 e. The zero-order valence-electron chi connectivity index (χ0n) is 26.3. The van der Waals surface area contributed by atoms with Crippen LogP contribution in [0.2, 0.25) is 0 Å². The lowest BCUT2D eigenvalue weighted by molar-refractivity contribution is -0.155. The van der Waals surface area contributed by atoms with Crippen molar-refractivity contribution < 1.29 is 24.2 Å². The summed E-state index contributed by atoms with van der Waals surface area (Å²) in [5.41, 5.74) is 2.74. The van der Waals surface area contributed by atoms with Gasteiger partial charge in [0.15, 0.2) is 0 Å². The average molecular weight is 620 g/mol. The van der Waals surface area contributed by atoms with Crippen molar-refractivity contribution in [3.63, 3.8) is 0 Å². The molecule has 2 aromatic carbocycles. The van der Waals surface area contributed by atoms with Crippen LogP contribution in [0.1, 0.15) is 46.1 Å². The minimum atomic E-state index is -0.866. The Morgan fingerprint density at radius 3 is 2.34 bits per heavy atom. The number of amides is 2. The number of rotatable bonds is 13. The Labute approximate surface area is 265 Å². The van der Waals surface area contributed by atoms with Gasteiger partial charge in [0.05, 0.1) is 35.8 Å². The molecule has 1 N–H and O–H groups in total. The number of hydrogen-bond acceptors (Lipinski definition) is 7. The Morgan fingerprint density at radius 2 is 1.75 bits per heavy atom. The standard InChI is InChI=1S/C35H45N3O5S/c1-6-21-37(26-17-15-25(16-18-26)36(7-2)8-3)32(41)30-35-20-19-34(5,44-35)29(33(42)43-9-4)28(35)31(40)38(30)27(23-39)22-24-13-11-10-12-14-24/h6,10-18,27-30,39H,1,7-9,19-23H2,2-5H3/t27-,28+,29+,30?,34-,35?/m1/s1. The Bertz CT molecular complexity index is 1370. The summed E-state index contributed by atoms with van der Waals surface area (Å²) in [6, 6.07) is 16.1. The topological polar surface area (TPSA) is 90.4 Å². The van der Waals surface area contributed by atoms with Crippen molar-refractivity contribution in [2.45, 2.75) is 68.5 Å². The van der Waals surface area contributed by atoms with Crippen LogP contribution in [0.5, 0.6) is 0 Å². The molecule has 3 aliphatic rings. The number of benzene rings is 2. The number of aliphatic hydroxyl groups excluding tert-OH is 1. The van der Waals surface area contributed by atoms with E-state index in [1.54, 1.807) is 34.6 Å². The van der Waals surface area contributed by atoms with E-state index in [2.05, 4.69) is 25.3 Å². The second kappa shape index (κ2) is 13.0. The fourth-order valence-corrected chi connectivity index (χ4v) is 10.1. The molecule has 9 heteroatoms. The van der Waals surface area contributed by atoms with Crippen molar-refractivity contribution in [1.29, 1.82) is 0 Å². The van der Waals surface area contributed by atoms with Gasteiger partial charge in [-0.05, 0) is 76.8 Å². The first-order valence-electron chi connectivity index (χ1n) is 15.8. The van der Waals surface area contributed by atoms with Crippen LogP contribution in [0.25, 0.3) is 0 Å². The van der Waals surface area contributed by atoms with Crippen LogP contribution >= 0.6 is 11.8 Å². The summed E-state index contributed by atoms with van der Waals surface area (Å²) in [6.45, 7) is 13.9. The molecule has 0 saturated carbocycles. The van der Waals surface area contributed by atoms with E-state index < -0.39 is 33.4 Å². The number of carbonyl (C=O) groups excluding carboxylic acids is 3. The number of carbonyl (C=O) groups is 3. The van der Waals surface area contributed by atoms with Gasteiger partial charge in [-0.3, -0.25) is 14.4 Å². The molecule has 3 saturated heterocycles. The van der Waals surface area contributed by atoms with Crippen LogP contribution < -0.4 is 9.80 Å². The van der Waals surface area contributed by atoms with E-state index in [1.807, 2.05) is 61.5 Å². The van der Waals surface area contributed by atoms with Gasteiger partial charge in [0, 0.05) is 35.8 Å². The molecule has 3 aliphatic heterocycles. The number of anilines is 2. The zero-order chi connectivity index (χ0) is 31.6. The number of hydrogen-bond donors (Lipinski definition) is 1. The van der Waals surface area contributed by atoms with E-state index in [0.717, 1.165) is 24.3 Å². The summed E-state index contributed by atoms with van der Waals surface area (Å²) >= 11 is 1.61. The highest BCUT2D eigenvalue weighted by Crippen LogP contribution is 2.71. The van der Waals surface area contributed by atoms with Crippen molar-refractivity contribution in [3.05, 3.63) is 72.8 Å². The van der Waals surface area contributed by atoms with Crippen LogP contribution in [-0.4, -0.2) is 82.2 Å². The SMILES string of the molecule is C=CCN(C(=O)C1N([C@@H](CO)Cc2ccccc2)C(=O)[C@@H]2[C@@H](C(=O)OCC)[C@@]3(C)CCC12S3)c1ccc(N(CC)CC)cc1. The highest BCUT2D eigenvalue weighted by atomic mass is 32.2. The molecule has 3 heterocycles. The largest absolute Gasteiger partial charge is 0.466 e. The average Bonchev–Trinajstić information content (AvgIpc) is 3.60. The maximum Gasteiger partial charge on any atom is 0.311 e. The van der Waals surface area contributed by atoms with E-state index in [1.165, 1.54) is 0 Å². The van der Waals surface area contributed by atoms with Gasteiger partial charge in [-0.1, -0.05) is 36.4 Å². The molecule has 3 fully saturated rings. The van der Waals surface area contributed by atoms with Crippen LogP contribution in [0.4, 0.5) is 11.4 Å². The lowest BCUT2D eigenvalue weighted by atomic mass is 9.66.